The average molecular weight is 410 g/mol. The van der Waals surface area contributed by atoms with Crippen molar-refractivity contribution in [3.05, 3.63) is 62.5 Å². The minimum atomic E-state index is -0.474. The van der Waals surface area contributed by atoms with E-state index >= 15 is 0 Å². The molecule has 22 heavy (non-hydrogen) atoms. The van der Waals surface area contributed by atoms with E-state index in [-0.39, 0.29) is 17.5 Å². The van der Waals surface area contributed by atoms with Gasteiger partial charge in [0.05, 0.1) is 7.11 Å². The molecule has 0 N–H and O–H groups in total. The van der Waals surface area contributed by atoms with E-state index < -0.39 is 5.82 Å². The third-order valence-corrected chi connectivity index (χ3v) is 4.89. The highest BCUT2D eigenvalue weighted by Crippen LogP contribution is 2.34. The molecule has 0 heterocycles. The fourth-order valence-electron chi connectivity index (χ4n) is 3.02. The van der Waals surface area contributed by atoms with Gasteiger partial charge in [-0.25, -0.2) is 4.39 Å². The van der Waals surface area contributed by atoms with Crippen molar-refractivity contribution in [1.29, 1.82) is 0 Å². The number of hydrogen-bond donors (Lipinski definition) is 0. The molecule has 0 bridgehead atoms. The van der Waals surface area contributed by atoms with Crippen molar-refractivity contribution in [3.63, 3.8) is 0 Å². The van der Waals surface area contributed by atoms with Gasteiger partial charge in [-0.3, -0.25) is 4.79 Å². The topological polar surface area (TPSA) is 26.3 Å². The quantitative estimate of drug-likeness (QED) is 0.528. The number of carbonyl (C=O) groups is 1. The van der Waals surface area contributed by atoms with E-state index in [0.717, 1.165) is 34.0 Å². The minimum Gasteiger partial charge on any atom is -0.494 e. The Morgan fingerprint density at radius 1 is 1.23 bits per heavy atom. The minimum absolute atomic E-state index is 0.00950. The smallest absolute Gasteiger partial charge is 0.170 e. The summed E-state index contributed by atoms with van der Waals surface area (Å²) in [4.78, 5) is 12.9. The van der Waals surface area contributed by atoms with Gasteiger partial charge in [0.1, 0.15) is 0 Å². The second-order valence-corrected chi connectivity index (χ2v) is 6.75. The van der Waals surface area contributed by atoms with Crippen molar-refractivity contribution in [1.82, 2.24) is 0 Å². The molecule has 0 radical (unpaired) electrons. The number of ether oxygens (including phenoxy) is 1. The second-order valence-electron chi connectivity index (χ2n) is 5.50. The van der Waals surface area contributed by atoms with Crippen molar-refractivity contribution in [2.24, 2.45) is 0 Å². The number of aryl methyl sites for hydroxylation is 1. The average Bonchev–Trinajstić information content (AvgIpc) is 2.67. The molecule has 4 heteroatoms. The van der Waals surface area contributed by atoms with Gasteiger partial charge in [0.2, 0.25) is 0 Å². The van der Waals surface area contributed by atoms with Crippen molar-refractivity contribution in [3.8, 4) is 5.75 Å². The highest BCUT2D eigenvalue weighted by atomic mass is 127. The lowest BCUT2D eigenvalue weighted by Gasteiger charge is -2.15. The third kappa shape index (κ3) is 2.89. The molecule has 1 atom stereocenters. The Hall–Kier alpha value is -1.43. The van der Waals surface area contributed by atoms with Crippen molar-refractivity contribution >= 4 is 28.4 Å². The van der Waals surface area contributed by atoms with Crippen molar-refractivity contribution < 1.29 is 13.9 Å². The summed E-state index contributed by atoms with van der Waals surface area (Å²) in [5.74, 6) is -0.446. The van der Waals surface area contributed by atoms with Gasteiger partial charge in [0.25, 0.3) is 0 Å². The van der Waals surface area contributed by atoms with Crippen LogP contribution >= 0.6 is 22.6 Å². The number of halogens is 2. The Bertz CT molecular complexity index is 710. The molecule has 0 saturated heterocycles. The number of methoxy groups -OCH3 is 1. The summed E-state index contributed by atoms with van der Waals surface area (Å²) < 4.78 is 20.2. The predicted octanol–water partition coefficient (Wildman–Crippen LogP) is 4.74. The number of benzene rings is 2. The van der Waals surface area contributed by atoms with Crippen LogP contribution in [0.4, 0.5) is 4.39 Å². The highest BCUT2D eigenvalue weighted by Gasteiger charge is 2.28. The first kappa shape index (κ1) is 15.5. The summed E-state index contributed by atoms with van der Waals surface area (Å²) in [6.07, 6.45) is 2.47. The number of rotatable bonds is 2. The molecule has 2 aromatic rings. The lowest BCUT2D eigenvalue weighted by atomic mass is 9.88. The van der Waals surface area contributed by atoms with E-state index in [4.69, 9.17) is 4.74 Å². The van der Waals surface area contributed by atoms with Crippen LogP contribution in [0.1, 0.15) is 40.2 Å². The maximum atomic E-state index is 14.0. The van der Waals surface area contributed by atoms with E-state index in [0.29, 0.717) is 5.56 Å². The van der Waals surface area contributed by atoms with Crippen LogP contribution in [-0.4, -0.2) is 12.9 Å². The van der Waals surface area contributed by atoms with Crippen LogP contribution in [0.5, 0.6) is 5.75 Å². The Balaban J connectivity index is 2.02. The van der Waals surface area contributed by atoms with Gasteiger partial charge in [-0.1, -0.05) is 12.1 Å². The molecule has 0 spiro atoms. The number of hydrogen-bond acceptors (Lipinski definition) is 2. The molecule has 0 saturated carbocycles. The number of fused-ring (bicyclic) bond motifs is 1. The van der Waals surface area contributed by atoms with E-state index in [9.17, 15) is 9.18 Å². The first-order chi connectivity index (χ1) is 10.6. The zero-order valence-corrected chi connectivity index (χ0v) is 14.4. The molecule has 1 aliphatic carbocycles. The zero-order chi connectivity index (χ0) is 15.7. The largest absolute Gasteiger partial charge is 0.494 e. The van der Waals surface area contributed by atoms with Gasteiger partial charge in [-0.2, -0.15) is 0 Å². The Kier molecular flexibility index (Phi) is 4.47. The highest BCUT2D eigenvalue weighted by molar-refractivity contribution is 14.1. The second kappa shape index (κ2) is 6.36. The molecule has 1 aliphatic rings. The molecule has 114 valence electrons. The van der Waals surface area contributed by atoms with Gasteiger partial charge in [-0.15, -0.1) is 0 Å². The van der Waals surface area contributed by atoms with Crippen LogP contribution in [-0.2, 0) is 6.42 Å². The summed E-state index contributed by atoms with van der Waals surface area (Å²) in [6.45, 7) is 0. The monoisotopic (exact) mass is 410 g/mol. The molecule has 0 aromatic heterocycles. The Morgan fingerprint density at radius 3 is 2.64 bits per heavy atom. The van der Waals surface area contributed by atoms with Crippen LogP contribution in [0.15, 0.2) is 36.4 Å². The molecule has 3 rings (SSSR count). The van der Waals surface area contributed by atoms with E-state index in [1.165, 1.54) is 13.2 Å². The van der Waals surface area contributed by atoms with E-state index in [1.54, 1.807) is 6.07 Å². The van der Waals surface area contributed by atoms with Crippen LogP contribution < -0.4 is 4.74 Å². The molecular weight excluding hydrogens is 394 g/mol. The lowest BCUT2D eigenvalue weighted by Crippen LogP contribution is -2.13. The van der Waals surface area contributed by atoms with E-state index in [1.807, 2.05) is 24.3 Å². The molecule has 2 aromatic carbocycles. The molecule has 1 unspecified atom stereocenters. The molecular formula is C18H16FIO2. The molecule has 0 aliphatic heterocycles. The first-order valence-electron chi connectivity index (χ1n) is 7.26. The summed E-state index contributed by atoms with van der Waals surface area (Å²) >= 11 is 2.24. The maximum absolute atomic E-state index is 14.0. The van der Waals surface area contributed by atoms with Crippen LogP contribution in [0.3, 0.4) is 0 Å². The molecule has 0 fully saturated rings. The van der Waals surface area contributed by atoms with Gasteiger partial charge in [-0.05, 0) is 77.2 Å². The number of Topliss-reactive ketones (excluding diaryl/α,β-unsaturated/α-hetero) is 1. The van der Waals surface area contributed by atoms with Gasteiger partial charge in [0, 0.05) is 15.1 Å². The maximum Gasteiger partial charge on any atom is 0.170 e. The zero-order valence-electron chi connectivity index (χ0n) is 12.2. The normalized spacial score (nSPS) is 17.8. The molecule has 0 amide bonds. The fourth-order valence-corrected chi connectivity index (χ4v) is 3.38. The fraction of sp³-hybridized carbons (Fsp3) is 0.278. The van der Waals surface area contributed by atoms with Gasteiger partial charge in [0.15, 0.2) is 17.3 Å². The third-order valence-electron chi connectivity index (χ3n) is 4.17. The Morgan fingerprint density at radius 2 is 1.95 bits per heavy atom. The van der Waals surface area contributed by atoms with Crippen molar-refractivity contribution in [2.75, 3.05) is 7.11 Å². The predicted molar refractivity (Wildman–Crippen MR) is 92.1 cm³/mol. The lowest BCUT2D eigenvalue weighted by molar-refractivity contribution is 0.0957. The SMILES string of the molecule is COc1cc2c(cc1F)C(=O)C(c1ccc(I)cc1)CCC2. The van der Waals surface area contributed by atoms with Crippen LogP contribution in [0.25, 0.3) is 0 Å². The summed E-state index contributed by atoms with van der Waals surface area (Å²) in [7, 11) is 1.44. The molecule has 2 nitrogen and oxygen atoms in total. The van der Waals surface area contributed by atoms with Crippen LogP contribution in [0, 0.1) is 9.39 Å². The number of carbonyl (C=O) groups excluding carboxylic acids is 1. The summed E-state index contributed by atoms with van der Waals surface area (Å²) in [5, 5.41) is 0. The Labute approximate surface area is 142 Å². The number of ketones is 1. The van der Waals surface area contributed by atoms with Gasteiger partial charge >= 0.3 is 0 Å². The summed E-state index contributed by atoms with van der Waals surface area (Å²) in [6, 6.07) is 11.0. The van der Waals surface area contributed by atoms with Crippen molar-refractivity contribution in [2.45, 2.75) is 25.2 Å². The van der Waals surface area contributed by atoms with E-state index in [2.05, 4.69) is 22.6 Å². The standard InChI is InChI=1S/C18H16FIO2/c1-22-17-9-12-3-2-4-14(11-5-7-13(20)8-6-11)18(21)15(12)10-16(17)19/h5-10,14H,2-4H2,1H3. The summed E-state index contributed by atoms with van der Waals surface area (Å²) in [5.41, 5.74) is 2.39. The van der Waals surface area contributed by atoms with Crippen LogP contribution in [0.2, 0.25) is 0 Å². The van der Waals surface area contributed by atoms with Gasteiger partial charge < -0.3 is 4.74 Å². The first-order valence-corrected chi connectivity index (χ1v) is 8.34.